The van der Waals surface area contributed by atoms with Crippen LogP contribution in [0.3, 0.4) is 0 Å². The highest BCUT2D eigenvalue weighted by Crippen LogP contribution is 2.28. The van der Waals surface area contributed by atoms with Crippen molar-refractivity contribution in [1.29, 1.82) is 0 Å². The van der Waals surface area contributed by atoms with Gasteiger partial charge in [-0.1, -0.05) is 23.4 Å². The number of nitrogens with zero attached hydrogens (tertiary/aromatic N) is 4. The van der Waals surface area contributed by atoms with E-state index in [1.54, 1.807) is 12.1 Å². The van der Waals surface area contributed by atoms with E-state index in [-0.39, 0.29) is 24.2 Å². The third kappa shape index (κ3) is 5.01. The lowest BCUT2D eigenvalue weighted by Crippen LogP contribution is -2.34. The molecule has 4 rings (SSSR count). The molecule has 12 heteroatoms. The van der Waals surface area contributed by atoms with Crippen LogP contribution in [0.25, 0.3) is 22.0 Å². The second-order valence-electron chi connectivity index (χ2n) is 7.44. The van der Waals surface area contributed by atoms with Crippen LogP contribution in [0.4, 0.5) is 26.3 Å². The van der Waals surface area contributed by atoms with Crippen molar-refractivity contribution in [3.8, 4) is 16.9 Å². The highest BCUT2D eigenvalue weighted by molar-refractivity contribution is 5.83. The summed E-state index contributed by atoms with van der Waals surface area (Å²) in [5.74, 6) is -0.375. The van der Waals surface area contributed by atoms with Crippen molar-refractivity contribution in [2.75, 3.05) is 19.6 Å². The number of aromatic nitrogens is 3. The Balaban J connectivity index is 1.60. The first kappa shape index (κ1) is 22.1. The minimum absolute atomic E-state index is 0.0277. The molecule has 0 radical (unpaired) electrons. The van der Waals surface area contributed by atoms with E-state index in [0.717, 1.165) is 16.8 Å². The van der Waals surface area contributed by atoms with Gasteiger partial charge in [0.25, 0.3) is 5.56 Å². The number of halogens is 6. The average Bonchev–Trinajstić information content (AvgIpc) is 3.14. The number of rotatable bonds is 4. The summed E-state index contributed by atoms with van der Waals surface area (Å²) in [6.07, 6.45) is -8.80. The minimum atomic E-state index is -4.80. The molecule has 0 saturated carbocycles. The van der Waals surface area contributed by atoms with E-state index in [9.17, 15) is 31.1 Å². The number of hydrogen-bond acceptors (Lipinski definition) is 5. The summed E-state index contributed by atoms with van der Waals surface area (Å²) in [6, 6.07) is 9.33. The molecule has 1 saturated heterocycles. The summed E-state index contributed by atoms with van der Waals surface area (Å²) in [6.45, 7) is -0.847. The summed E-state index contributed by atoms with van der Waals surface area (Å²) in [5, 5.41) is 8.10. The molecular weight excluding hydrogens is 442 g/mol. The Morgan fingerprint density at radius 2 is 1.69 bits per heavy atom. The van der Waals surface area contributed by atoms with Gasteiger partial charge in [0.2, 0.25) is 0 Å². The number of fused-ring (bicyclic) bond motifs is 1. The van der Waals surface area contributed by atoms with E-state index in [0.29, 0.717) is 23.1 Å². The molecular formula is C20H16F6N4O2. The van der Waals surface area contributed by atoms with E-state index in [2.05, 4.69) is 15.0 Å². The van der Waals surface area contributed by atoms with Crippen molar-refractivity contribution in [3.63, 3.8) is 0 Å². The molecule has 3 aromatic rings. The summed E-state index contributed by atoms with van der Waals surface area (Å²) >= 11 is 0. The van der Waals surface area contributed by atoms with Crippen LogP contribution in [0.15, 0.2) is 47.3 Å². The summed E-state index contributed by atoms with van der Waals surface area (Å²) in [5.41, 5.74) is 0.907. The SMILES string of the molecule is O=c1c2cc(-c3ccc(OC(F)(F)F)cc3)ccc2nnn1[C@H]1CCN(CC(F)(F)F)C1. The molecule has 0 N–H and O–H groups in total. The van der Waals surface area contributed by atoms with Gasteiger partial charge in [0, 0.05) is 13.1 Å². The zero-order valence-corrected chi connectivity index (χ0v) is 16.3. The summed E-state index contributed by atoms with van der Waals surface area (Å²) in [4.78, 5) is 14.2. The fourth-order valence-electron chi connectivity index (χ4n) is 3.73. The highest BCUT2D eigenvalue weighted by atomic mass is 19.4. The van der Waals surface area contributed by atoms with E-state index >= 15 is 0 Å². The van der Waals surface area contributed by atoms with Crippen LogP contribution in [0.2, 0.25) is 0 Å². The van der Waals surface area contributed by atoms with Gasteiger partial charge in [-0.2, -0.15) is 13.2 Å². The van der Waals surface area contributed by atoms with Gasteiger partial charge >= 0.3 is 12.5 Å². The maximum Gasteiger partial charge on any atom is 0.573 e. The summed E-state index contributed by atoms with van der Waals surface area (Å²) < 4.78 is 79.8. The fourth-order valence-corrected chi connectivity index (χ4v) is 3.73. The lowest BCUT2D eigenvalue weighted by molar-refractivity contribution is -0.274. The largest absolute Gasteiger partial charge is 0.573 e. The number of benzene rings is 2. The van der Waals surface area contributed by atoms with E-state index in [1.807, 2.05) is 0 Å². The second kappa shape index (κ2) is 8.08. The molecule has 1 aliphatic rings. The quantitative estimate of drug-likeness (QED) is 0.550. The Bertz CT molecular complexity index is 1170. The first-order valence-corrected chi connectivity index (χ1v) is 9.53. The lowest BCUT2D eigenvalue weighted by Gasteiger charge is -2.18. The van der Waals surface area contributed by atoms with Gasteiger partial charge in [-0.05, 0) is 41.8 Å². The predicted molar refractivity (Wildman–Crippen MR) is 102 cm³/mol. The molecule has 2 heterocycles. The molecule has 1 aliphatic heterocycles. The third-order valence-electron chi connectivity index (χ3n) is 5.10. The molecule has 0 aliphatic carbocycles. The fraction of sp³-hybridized carbons (Fsp3) is 0.350. The summed E-state index contributed by atoms with van der Waals surface area (Å²) in [7, 11) is 0. The number of likely N-dealkylation sites (tertiary alicyclic amines) is 1. The highest BCUT2D eigenvalue weighted by Gasteiger charge is 2.35. The smallest absolute Gasteiger partial charge is 0.406 e. The molecule has 0 spiro atoms. The molecule has 0 bridgehead atoms. The zero-order chi connectivity index (χ0) is 23.1. The molecule has 6 nitrogen and oxygen atoms in total. The van der Waals surface area contributed by atoms with Crippen molar-refractivity contribution in [2.24, 2.45) is 0 Å². The van der Waals surface area contributed by atoms with E-state index in [1.165, 1.54) is 23.1 Å². The van der Waals surface area contributed by atoms with Crippen LogP contribution < -0.4 is 10.3 Å². The zero-order valence-electron chi connectivity index (χ0n) is 16.3. The van der Waals surface area contributed by atoms with Crippen LogP contribution in [-0.2, 0) is 0 Å². The van der Waals surface area contributed by atoms with Crippen molar-refractivity contribution < 1.29 is 31.1 Å². The normalized spacial score (nSPS) is 17.8. The number of alkyl halides is 6. The van der Waals surface area contributed by atoms with Crippen LogP contribution in [0.1, 0.15) is 12.5 Å². The van der Waals surface area contributed by atoms with Gasteiger partial charge in [-0.15, -0.1) is 18.3 Å². The van der Waals surface area contributed by atoms with Crippen molar-refractivity contribution in [1.82, 2.24) is 19.9 Å². The number of ether oxygens (including phenoxy) is 1. The Kier molecular flexibility index (Phi) is 5.57. The van der Waals surface area contributed by atoms with E-state index < -0.39 is 30.7 Å². The average molecular weight is 458 g/mol. The van der Waals surface area contributed by atoms with E-state index in [4.69, 9.17) is 0 Å². The number of hydrogen-bond donors (Lipinski definition) is 0. The Hall–Kier alpha value is -3.15. The molecule has 32 heavy (non-hydrogen) atoms. The Labute approximate surface area is 177 Å². The molecule has 0 amide bonds. The van der Waals surface area contributed by atoms with Crippen molar-refractivity contribution in [3.05, 3.63) is 52.8 Å². The molecule has 0 unspecified atom stereocenters. The topological polar surface area (TPSA) is 60.2 Å². The van der Waals surface area contributed by atoms with Gasteiger partial charge in [0.15, 0.2) is 0 Å². The molecule has 1 aromatic heterocycles. The van der Waals surface area contributed by atoms with Gasteiger partial charge in [0.1, 0.15) is 11.3 Å². The molecule has 1 atom stereocenters. The van der Waals surface area contributed by atoms with Crippen LogP contribution >= 0.6 is 0 Å². The van der Waals surface area contributed by atoms with Gasteiger partial charge in [-0.3, -0.25) is 9.69 Å². The maximum absolute atomic E-state index is 13.0. The lowest BCUT2D eigenvalue weighted by atomic mass is 10.0. The maximum atomic E-state index is 13.0. The standard InChI is InChI=1S/C20H16F6N4O2/c21-19(22,23)11-29-8-7-14(10-29)30-18(31)16-9-13(3-6-17(16)27-28-30)12-1-4-15(5-2-12)32-20(24,25)26/h1-6,9,14H,7-8,10-11H2/t14-/m0/s1. The second-order valence-corrected chi connectivity index (χ2v) is 7.44. The molecule has 1 fully saturated rings. The van der Waals surface area contributed by atoms with Crippen molar-refractivity contribution in [2.45, 2.75) is 25.0 Å². The Morgan fingerprint density at radius 1 is 1.00 bits per heavy atom. The minimum Gasteiger partial charge on any atom is -0.406 e. The van der Waals surface area contributed by atoms with Crippen molar-refractivity contribution >= 4 is 10.9 Å². The third-order valence-corrected chi connectivity index (χ3v) is 5.10. The first-order chi connectivity index (χ1) is 15.0. The predicted octanol–water partition coefficient (Wildman–Crippen LogP) is 4.17. The van der Waals surface area contributed by atoms with Crippen LogP contribution in [0, 0.1) is 0 Å². The van der Waals surface area contributed by atoms with Gasteiger partial charge < -0.3 is 4.74 Å². The van der Waals surface area contributed by atoms with Gasteiger partial charge in [-0.25, -0.2) is 4.68 Å². The first-order valence-electron chi connectivity index (χ1n) is 9.53. The Morgan fingerprint density at radius 3 is 2.34 bits per heavy atom. The van der Waals surface area contributed by atoms with Gasteiger partial charge in [0.05, 0.1) is 18.0 Å². The van der Waals surface area contributed by atoms with Crippen LogP contribution in [-0.4, -0.2) is 52.1 Å². The monoisotopic (exact) mass is 458 g/mol. The molecule has 170 valence electrons. The molecule has 2 aromatic carbocycles. The van der Waals surface area contributed by atoms with Crippen LogP contribution in [0.5, 0.6) is 5.75 Å².